The predicted octanol–water partition coefficient (Wildman–Crippen LogP) is 3.55. The van der Waals surface area contributed by atoms with E-state index in [1.54, 1.807) is 0 Å². The monoisotopic (exact) mass is 216 g/mol. The Balaban J connectivity index is 1.92. The zero-order chi connectivity index (χ0) is 11.3. The zero-order valence-electron chi connectivity index (χ0n) is 10.1. The Morgan fingerprint density at radius 3 is 3.12 bits per heavy atom. The molecule has 0 bridgehead atoms. The summed E-state index contributed by atoms with van der Waals surface area (Å²) >= 11 is 0. The van der Waals surface area contributed by atoms with Gasteiger partial charge in [-0.15, -0.1) is 6.58 Å². The third-order valence-corrected chi connectivity index (χ3v) is 4.97. The minimum absolute atomic E-state index is 0.455. The van der Waals surface area contributed by atoms with Crippen molar-refractivity contribution in [3.8, 4) is 0 Å². The van der Waals surface area contributed by atoms with Crippen LogP contribution in [0.25, 0.3) is 0 Å². The van der Waals surface area contributed by atoms with E-state index in [2.05, 4.69) is 37.8 Å². The number of hydrogen-bond donors (Lipinski definition) is 0. The van der Waals surface area contributed by atoms with Crippen molar-refractivity contribution >= 4 is 0 Å². The number of allylic oxidation sites excluding steroid dienone is 4. The van der Waals surface area contributed by atoms with Gasteiger partial charge in [-0.3, -0.25) is 0 Å². The lowest BCUT2D eigenvalue weighted by atomic mass is 9.83. The van der Waals surface area contributed by atoms with E-state index in [4.69, 9.17) is 4.74 Å². The lowest BCUT2D eigenvalue weighted by Gasteiger charge is -2.25. The first-order valence-electron chi connectivity index (χ1n) is 6.25. The standard InChI is InChI=1S/C15H20O/c1-4-8-15(2)12-9-13(16-3)10-6-5-7-11(10)14(12)15/h4-6,9-12,14H,1,7-8H2,2-3H3/t10-,11+,12+,14-,15?/m0/s1. The summed E-state index contributed by atoms with van der Waals surface area (Å²) < 4.78 is 5.56. The molecule has 5 atom stereocenters. The van der Waals surface area contributed by atoms with Crippen LogP contribution in [0, 0.1) is 29.1 Å². The van der Waals surface area contributed by atoms with Crippen molar-refractivity contribution in [2.24, 2.45) is 29.1 Å². The molecular formula is C15H20O. The van der Waals surface area contributed by atoms with Crippen LogP contribution in [-0.2, 0) is 4.74 Å². The molecule has 0 aromatic rings. The third-order valence-electron chi connectivity index (χ3n) is 4.97. The molecule has 0 spiro atoms. The Bertz CT molecular complexity index is 379. The maximum atomic E-state index is 5.56. The lowest BCUT2D eigenvalue weighted by Crippen LogP contribution is -2.19. The van der Waals surface area contributed by atoms with Gasteiger partial charge in [0.1, 0.15) is 0 Å². The summed E-state index contributed by atoms with van der Waals surface area (Å²) in [6.45, 7) is 6.31. The van der Waals surface area contributed by atoms with Crippen LogP contribution in [0.4, 0.5) is 0 Å². The van der Waals surface area contributed by atoms with E-state index in [0.29, 0.717) is 11.3 Å². The molecule has 1 saturated carbocycles. The van der Waals surface area contributed by atoms with Crippen molar-refractivity contribution in [2.75, 3.05) is 7.11 Å². The van der Waals surface area contributed by atoms with Crippen LogP contribution in [-0.4, -0.2) is 7.11 Å². The maximum absolute atomic E-state index is 5.56. The van der Waals surface area contributed by atoms with Crippen LogP contribution in [0.3, 0.4) is 0 Å². The Kier molecular flexibility index (Phi) is 2.07. The molecule has 1 heteroatoms. The van der Waals surface area contributed by atoms with Gasteiger partial charge in [-0.1, -0.05) is 25.2 Å². The summed E-state index contributed by atoms with van der Waals surface area (Å²) in [5.41, 5.74) is 0.455. The lowest BCUT2D eigenvalue weighted by molar-refractivity contribution is 0.205. The fraction of sp³-hybridized carbons (Fsp3) is 0.600. The summed E-state index contributed by atoms with van der Waals surface area (Å²) in [6.07, 6.45) is 11.5. The van der Waals surface area contributed by atoms with Gasteiger partial charge in [0.2, 0.25) is 0 Å². The van der Waals surface area contributed by atoms with E-state index in [9.17, 15) is 0 Å². The van der Waals surface area contributed by atoms with Gasteiger partial charge in [-0.2, -0.15) is 0 Å². The van der Waals surface area contributed by atoms with Crippen LogP contribution in [0.5, 0.6) is 0 Å². The Morgan fingerprint density at radius 2 is 2.44 bits per heavy atom. The minimum Gasteiger partial charge on any atom is -0.501 e. The second-order valence-electron chi connectivity index (χ2n) is 5.68. The van der Waals surface area contributed by atoms with Gasteiger partial charge in [0.25, 0.3) is 0 Å². The molecular weight excluding hydrogens is 196 g/mol. The van der Waals surface area contributed by atoms with Gasteiger partial charge >= 0.3 is 0 Å². The van der Waals surface area contributed by atoms with Crippen LogP contribution in [0.1, 0.15) is 19.8 Å². The SMILES string of the molecule is C=CCC1(C)[C@H]2[C@@H]3CC=C[C@@H]3C(OC)=C[C@H]21. The van der Waals surface area contributed by atoms with Gasteiger partial charge in [0, 0.05) is 5.92 Å². The molecule has 1 unspecified atom stereocenters. The molecule has 0 aromatic carbocycles. The van der Waals surface area contributed by atoms with Crippen molar-refractivity contribution in [2.45, 2.75) is 19.8 Å². The number of hydrogen-bond acceptors (Lipinski definition) is 1. The normalized spacial score (nSPS) is 48.0. The first kappa shape index (κ1) is 10.2. The van der Waals surface area contributed by atoms with E-state index in [1.165, 1.54) is 12.2 Å². The molecule has 3 aliphatic rings. The van der Waals surface area contributed by atoms with Gasteiger partial charge in [-0.25, -0.2) is 0 Å². The summed E-state index contributed by atoms with van der Waals surface area (Å²) in [5, 5.41) is 0. The largest absolute Gasteiger partial charge is 0.501 e. The van der Waals surface area contributed by atoms with Gasteiger partial charge in [0.05, 0.1) is 12.9 Å². The molecule has 86 valence electrons. The fourth-order valence-electron chi connectivity index (χ4n) is 4.11. The molecule has 3 rings (SSSR count). The third kappa shape index (κ3) is 1.12. The van der Waals surface area contributed by atoms with Gasteiger partial charge in [-0.05, 0) is 42.1 Å². The van der Waals surface area contributed by atoms with E-state index >= 15 is 0 Å². The summed E-state index contributed by atoms with van der Waals surface area (Å²) in [6, 6.07) is 0. The highest BCUT2D eigenvalue weighted by Crippen LogP contribution is 2.70. The zero-order valence-corrected chi connectivity index (χ0v) is 10.1. The van der Waals surface area contributed by atoms with Crippen molar-refractivity contribution in [3.63, 3.8) is 0 Å². The molecule has 1 fully saturated rings. The van der Waals surface area contributed by atoms with E-state index in [1.807, 2.05) is 7.11 Å². The number of rotatable bonds is 3. The molecule has 0 aliphatic heterocycles. The molecule has 0 radical (unpaired) electrons. The quantitative estimate of drug-likeness (QED) is 0.655. The molecule has 0 saturated heterocycles. The van der Waals surface area contributed by atoms with Crippen molar-refractivity contribution in [3.05, 3.63) is 36.6 Å². The van der Waals surface area contributed by atoms with E-state index in [0.717, 1.165) is 24.2 Å². The summed E-state index contributed by atoms with van der Waals surface area (Å²) in [4.78, 5) is 0. The van der Waals surface area contributed by atoms with Crippen molar-refractivity contribution < 1.29 is 4.74 Å². The average molecular weight is 216 g/mol. The van der Waals surface area contributed by atoms with Crippen LogP contribution in [0.15, 0.2) is 36.6 Å². The Labute approximate surface area is 97.9 Å². The first-order chi connectivity index (χ1) is 7.72. The number of fused-ring (bicyclic) bond motifs is 3. The molecule has 3 aliphatic carbocycles. The fourth-order valence-corrected chi connectivity index (χ4v) is 4.11. The average Bonchev–Trinajstić information content (AvgIpc) is 2.67. The highest BCUT2D eigenvalue weighted by molar-refractivity contribution is 5.32. The highest BCUT2D eigenvalue weighted by Gasteiger charge is 2.65. The molecule has 0 heterocycles. The van der Waals surface area contributed by atoms with Gasteiger partial charge in [0.15, 0.2) is 0 Å². The topological polar surface area (TPSA) is 9.23 Å². The summed E-state index contributed by atoms with van der Waals surface area (Å²) in [5.74, 6) is 4.12. The second kappa shape index (κ2) is 3.26. The highest BCUT2D eigenvalue weighted by atomic mass is 16.5. The molecule has 16 heavy (non-hydrogen) atoms. The molecule has 0 aromatic heterocycles. The summed E-state index contributed by atoms with van der Waals surface area (Å²) in [7, 11) is 1.81. The number of methoxy groups -OCH3 is 1. The smallest absolute Gasteiger partial charge is 0.0990 e. The van der Waals surface area contributed by atoms with Crippen LogP contribution in [0.2, 0.25) is 0 Å². The Hall–Kier alpha value is -0.980. The number of ether oxygens (including phenoxy) is 1. The Morgan fingerprint density at radius 1 is 1.62 bits per heavy atom. The minimum atomic E-state index is 0.455. The van der Waals surface area contributed by atoms with Crippen LogP contribution >= 0.6 is 0 Å². The van der Waals surface area contributed by atoms with Crippen molar-refractivity contribution in [1.29, 1.82) is 0 Å². The first-order valence-corrected chi connectivity index (χ1v) is 6.25. The molecule has 1 nitrogen and oxygen atoms in total. The van der Waals surface area contributed by atoms with Crippen LogP contribution < -0.4 is 0 Å². The van der Waals surface area contributed by atoms with E-state index < -0.39 is 0 Å². The maximum Gasteiger partial charge on any atom is 0.0990 e. The molecule has 0 N–H and O–H groups in total. The molecule has 0 amide bonds. The van der Waals surface area contributed by atoms with Gasteiger partial charge < -0.3 is 4.74 Å². The second-order valence-corrected chi connectivity index (χ2v) is 5.68. The van der Waals surface area contributed by atoms with Crippen molar-refractivity contribution in [1.82, 2.24) is 0 Å². The van der Waals surface area contributed by atoms with E-state index in [-0.39, 0.29) is 0 Å². The predicted molar refractivity (Wildman–Crippen MR) is 65.7 cm³/mol.